The Kier molecular flexibility index (Phi) is 10.7. The van der Waals surface area contributed by atoms with Crippen LogP contribution in [0.2, 0.25) is 0 Å². The van der Waals surface area contributed by atoms with E-state index >= 15 is 0 Å². The molecule has 11 heteroatoms. The summed E-state index contributed by atoms with van der Waals surface area (Å²) in [6.07, 6.45) is 8.03. The van der Waals surface area contributed by atoms with Gasteiger partial charge in [0.25, 0.3) is 0 Å². The van der Waals surface area contributed by atoms with Crippen molar-refractivity contribution < 1.29 is 22.7 Å². The van der Waals surface area contributed by atoms with Crippen LogP contribution >= 0.6 is 7.36 Å². The Hall–Kier alpha value is -3.23. The van der Waals surface area contributed by atoms with Crippen LogP contribution in [0.4, 0.5) is 10.2 Å². The molecule has 0 spiro atoms. The van der Waals surface area contributed by atoms with Crippen molar-refractivity contribution in [3.05, 3.63) is 65.7 Å². The van der Waals surface area contributed by atoms with Crippen LogP contribution in [0.15, 0.2) is 57.9 Å². The molecule has 2 aromatic carbocycles. The van der Waals surface area contributed by atoms with Gasteiger partial charge in [-0.2, -0.15) is 4.39 Å². The number of carbonyl (C=O) groups excluding carboxylic acids is 2. The second-order valence-electron chi connectivity index (χ2n) is 12.5. The van der Waals surface area contributed by atoms with Crippen LogP contribution in [0.5, 0.6) is 0 Å². The summed E-state index contributed by atoms with van der Waals surface area (Å²) >= 11 is 0. The van der Waals surface area contributed by atoms with Crippen LogP contribution in [-0.2, 0) is 25.4 Å². The summed E-state index contributed by atoms with van der Waals surface area (Å²) in [5.41, 5.74) is 2.48. The summed E-state index contributed by atoms with van der Waals surface area (Å²) in [6.45, 7) is 7.57. The summed E-state index contributed by atoms with van der Waals surface area (Å²) in [5.74, 6) is -0.924. The molecule has 0 bridgehead atoms. The number of nitrogens with zero attached hydrogens (tertiary/aromatic N) is 2. The van der Waals surface area contributed by atoms with Gasteiger partial charge in [-0.05, 0) is 75.3 Å². The first kappa shape index (κ1) is 33.1. The van der Waals surface area contributed by atoms with Crippen molar-refractivity contribution in [2.75, 3.05) is 11.4 Å². The summed E-state index contributed by atoms with van der Waals surface area (Å²) in [5, 5.41) is 6.97. The third-order valence-electron chi connectivity index (χ3n) is 9.01. The fourth-order valence-electron chi connectivity index (χ4n) is 6.57. The number of nitrogens with one attached hydrogen (secondary N) is 2. The number of rotatable bonds is 11. The van der Waals surface area contributed by atoms with E-state index in [0.717, 1.165) is 68.1 Å². The van der Waals surface area contributed by atoms with Crippen molar-refractivity contribution in [2.45, 2.75) is 95.7 Å². The lowest BCUT2D eigenvalue weighted by atomic mass is 9.96. The molecule has 1 heterocycles. The van der Waals surface area contributed by atoms with Crippen LogP contribution in [0.25, 0.3) is 11.1 Å². The van der Waals surface area contributed by atoms with Gasteiger partial charge in [-0.15, -0.1) is 0 Å². The molecule has 2 N–H and O–H groups in total. The molecule has 2 aliphatic rings. The van der Waals surface area contributed by atoms with E-state index in [1.54, 1.807) is 18.8 Å². The van der Waals surface area contributed by atoms with Crippen molar-refractivity contribution in [2.24, 2.45) is 11.8 Å². The zero-order chi connectivity index (χ0) is 32.1. The quantitative estimate of drug-likeness (QED) is 0.208. The molecule has 3 aromatic rings. The first-order chi connectivity index (χ1) is 21.6. The predicted octanol–water partition coefficient (Wildman–Crippen LogP) is 7.55. The van der Waals surface area contributed by atoms with Gasteiger partial charge in [0.05, 0.1) is 4.90 Å². The molecule has 5 rings (SSSR count). The minimum absolute atomic E-state index is 0.0204. The maximum Gasteiger partial charge on any atom is 0.243 e. The molecule has 0 radical (unpaired) electrons. The third kappa shape index (κ3) is 7.44. The highest BCUT2D eigenvalue weighted by molar-refractivity contribution is 8.26. The summed E-state index contributed by atoms with van der Waals surface area (Å²) in [6, 6.07) is 14.8. The molecule has 2 saturated carbocycles. The first-order valence-electron chi connectivity index (χ1n) is 15.9. The second-order valence-corrected chi connectivity index (χ2v) is 17.2. The predicted molar refractivity (Wildman–Crippen MR) is 177 cm³/mol. The second kappa shape index (κ2) is 14.5. The number of carbonyl (C=O) groups is 2. The minimum Gasteiger partial charge on any atom is -0.356 e. The molecule has 45 heavy (non-hydrogen) atoms. The first-order valence-corrected chi connectivity index (χ1v) is 19.5. The van der Waals surface area contributed by atoms with Gasteiger partial charge in [-0.1, -0.05) is 87.2 Å². The van der Waals surface area contributed by atoms with Crippen molar-refractivity contribution >= 4 is 34.3 Å². The Morgan fingerprint density at radius 1 is 1.04 bits per heavy atom. The third-order valence-corrected chi connectivity index (χ3v) is 13.4. The summed E-state index contributed by atoms with van der Waals surface area (Å²) in [4.78, 5) is 30.0. The number of anilines is 1. The molecular formula is C34H44FN4O4PS. The molecule has 2 atom stereocenters. The minimum atomic E-state index is -2.97. The van der Waals surface area contributed by atoms with Crippen LogP contribution in [0.1, 0.15) is 76.5 Å². The smallest absolute Gasteiger partial charge is 0.243 e. The van der Waals surface area contributed by atoms with E-state index in [9.17, 15) is 18.2 Å². The number of aryl methyl sites for hydroxylation is 1. The van der Waals surface area contributed by atoms with E-state index in [0.29, 0.717) is 18.8 Å². The van der Waals surface area contributed by atoms with Gasteiger partial charge in [0.2, 0.25) is 23.4 Å². The molecule has 0 aliphatic heterocycles. The van der Waals surface area contributed by atoms with Crippen LogP contribution in [0, 0.1) is 24.6 Å². The normalized spacial score (nSPS) is 17.8. The molecule has 2 aliphatic carbocycles. The standard InChI is InChI=1S/C34H44FN4O4PS/c1-22(2)31(33(40)36-27-13-7-8-14-27)39(34(41)26-11-5-6-12-26)21-24-17-19-25(20-18-24)28-15-9-10-16-29(28)45(42,44-4)38-32-30(35)23(3)43-37-32/h9-10,15-20,22,26-27,31H,5-8,11-14,21H2,1-4H3,(H,36,40)(H,37,38,42)/t31-,45?/m0/s1. The van der Waals surface area contributed by atoms with E-state index < -0.39 is 21.2 Å². The summed E-state index contributed by atoms with van der Waals surface area (Å²) < 4.78 is 36.4. The van der Waals surface area contributed by atoms with Gasteiger partial charge >= 0.3 is 0 Å². The number of benzene rings is 2. The monoisotopic (exact) mass is 654 g/mol. The van der Waals surface area contributed by atoms with Crippen LogP contribution < -0.4 is 10.0 Å². The number of amides is 2. The van der Waals surface area contributed by atoms with E-state index in [1.165, 1.54) is 6.92 Å². The fourth-order valence-corrected chi connectivity index (χ4v) is 9.70. The largest absolute Gasteiger partial charge is 0.356 e. The Morgan fingerprint density at radius 2 is 1.69 bits per heavy atom. The van der Waals surface area contributed by atoms with Gasteiger partial charge in [0.15, 0.2) is 5.76 Å². The van der Waals surface area contributed by atoms with Crippen molar-refractivity contribution in [1.82, 2.24) is 15.4 Å². The van der Waals surface area contributed by atoms with Gasteiger partial charge in [-0.3, -0.25) is 14.3 Å². The number of hydrogen-bond acceptors (Lipinski definition) is 5. The van der Waals surface area contributed by atoms with E-state index in [-0.39, 0.29) is 41.3 Å². The average molecular weight is 655 g/mol. The highest BCUT2D eigenvalue weighted by Crippen LogP contribution is 2.34. The van der Waals surface area contributed by atoms with Gasteiger partial charge < -0.3 is 14.7 Å². The molecule has 2 amide bonds. The van der Waals surface area contributed by atoms with Gasteiger partial charge in [0, 0.05) is 18.5 Å². The Labute approximate surface area is 267 Å². The molecule has 242 valence electrons. The van der Waals surface area contributed by atoms with Crippen LogP contribution in [-0.4, -0.2) is 44.8 Å². The molecule has 2 fully saturated rings. The van der Waals surface area contributed by atoms with Gasteiger partial charge in [0.1, 0.15) is 15.3 Å². The van der Waals surface area contributed by atoms with Crippen molar-refractivity contribution in [3.63, 3.8) is 0 Å². The van der Waals surface area contributed by atoms with E-state index in [1.807, 2.05) is 55.1 Å². The van der Waals surface area contributed by atoms with Crippen LogP contribution in [0.3, 0.4) is 0 Å². The zero-order valence-electron chi connectivity index (χ0n) is 26.6. The van der Waals surface area contributed by atoms with E-state index in [4.69, 9.17) is 4.52 Å². The lowest BCUT2D eigenvalue weighted by Gasteiger charge is -2.36. The number of hydrogen-bond donors (Lipinski definition) is 2. The topological polar surface area (TPSA) is 105 Å². The zero-order valence-corrected chi connectivity index (χ0v) is 28.3. The van der Waals surface area contributed by atoms with E-state index in [2.05, 4.69) is 15.2 Å². The van der Waals surface area contributed by atoms with Crippen molar-refractivity contribution in [3.8, 4) is 11.1 Å². The fraction of sp³-hybridized carbons (Fsp3) is 0.500. The highest BCUT2D eigenvalue weighted by atomic mass is 32.5. The molecule has 8 nitrogen and oxygen atoms in total. The number of aromatic nitrogens is 1. The Bertz CT molecular complexity index is 1620. The molecule has 1 aromatic heterocycles. The highest BCUT2D eigenvalue weighted by Gasteiger charge is 2.37. The van der Waals surface area contributed by atoms with Gasteiger partial charge in [-0.25, -0.2) is 4.21 Å². The lowest BCUT2D eigenvalue weighted by Crippen LogP contribution is -2.54. The maximum absolute atomic E-state index is 14.5. The average Bonchev–Trinajstić information content (AvgIpc) is 3.82. The van der Waals surface area contributed by atoms with Crippen molar-refractivity contribution in [1.29, 1.82) is 0 Å². The summed E-state index contributed by atoms with van der Waals surface area (Å²) in [7, 11) is -2.47. The maximum atomic E-state index is 14.5. The SMILES string of the molecule is CP=S(=O)(Nc1noc(C)c1F)c1ccccc1-c1ccc(CN(C(=O)C2CCCC2)[C@H](C(=O)NC2CCCC2)C(C)C)cc1. The molecule has 0 saturated heterocycles. The Morgan fingerprint density at radius 3 is 2.29 bits per heavy atom. The molecular weight excluding hydrogens is 610 g/mol. The lowest BCUT2D eigenvalue weighted by molar-refractivity contribution is -0.146. The number of halogens is 1. The Balaban J connectivity index is 1.43. The molecule has 1 unspecified atom stereocenters.